The molecule has 39 heavy (non-hydrogen) atoms. The number of aromatic nitrogens is 2. The summed E-state index contributed by atoms with van der Waals surface area (Å²) < 4.78 is 49.0. The van der Waals surface area contributed by atoms with Crippen molar-refractivity contribution in [2.45, 2.75) is 51.4 Å². The first kappa shape index (κ1) is 27.8. The number of carbonyl (C=O) groups excluding carboxylic acids is 2. The molecule has 0 saturated heterocycles. The van der Waals surface area contributed by atoms with Crippen molar-refractivity contribution in [1.82, 2.24) is 15.1 Å². The van der Waals surface area contributed by atoms with E-state index in [1.54, 1.807) is 25.1 Å². The maximum atomic E-state index is 14.2. The van der Waals surface area contributed by atoms with E-state index in [0.29, 0.717) is 35.4 Å². The van der Waals surface area contributed by atoms with Gasteiger partial charge < -0.3 is 21.5 Å². The molecule has 1 amide bonds. The Morgan fingerprint density at radius 1 is 1.18 bits per heavy atom. The number of benzene rings is 2. The van der Waals surface area contributed by atoms with E-state index in [1.165, 1.54) is 22.9 Å². The Bertz CT molecular complexity index is 1420. The van der Waals surface area contributed by atoms with E-state index >= 15 is 0 Å². The van der Waals surface area contributed by atoms with Gasteiger partial charge in [-0.1, -0.05) is 18.2 Å². The van der Waals surface area contributed by atoms with E-state index in [2.05, 4.69) is 10.4 Å². The number of hydrogen-bond acceptors (Lipinski definition) is 6. The molecule has 0 aliphatic heterocycles. The third-order valence-electron chi connectivity index (χ3n) is 6.58. The number of ether oxygens (including phenoxy) is 1. The fourth-order valence-electron chi connectivity index (χ4n) is 4.77. The predicted molar refractivity (Wildman–Crippen MR) is 137 cm³/mol. The van der Waals surface area contributed by atoms with Crippen molar-refractivity contribution in [3.8, 4) is 5.69 Å². The van der Waals surface area contributed by atoms with Gasteiger partial charge in [-0.2, -0.15) is 18.3 Å². The molecule has 206 valence electrons. The number of halogens is 3. The number of nitrogens with zero attached hydrogens (tertiary/aromatic N) is 2. The maximum Gasteiger partial charge on any atom is 0.418 e. The highest BCUT2D eigenvalue weighted by atomic mass is 19.4. The Morgan fingerprint density at radius 2 is 1.95 bits per heavy atom. The number of amides is 1. The molecule has 0 bridgehead atoms. The monoisotopic (exact) mass is 542 g/mol. The van der Waals surface area contributed by atoms with E-state index in [1.807, 2.05) is 0 Å². The van der Waals surface area contributed by atoms with Crippen LogP contribution in [0.3, 0.4) is 0 Å². The number of rotatable bonds is 9. The minimum Gasteiger partial charge on any atom is -0.466 e. The molecule has 3 aromatic rings. The molecule has 2 aromatic carbocycles. The maximum absolute atomic E-state index is 14.2. The van der Waals surface area contributed by atoms with Crippen LogP contribution in [0.25, 0.3) is 5.69 Å². The normalized spacial score (nSPS) is 13.6. The van der Waals surface area contributed by atoms with Crippen LogP contribution in [0.5, 0.6) is 0 Å². The Hall–Kier alpha value is -4.19. The highest BCUT2D eigenvalue weighted by molar-refractivity contribution is 5.96. The van der Waals surface area contributed by atoms with Gasteiger partial charge in [-0.25, -0.2) is 4.68 Å². The highest BCUT2D eigenvalue weighted by Gasteiger charge is 2.36. The minimum atomic E-state index is -4.77. The second-order valence-corrected chi connectivity index (χ2v) is 9.15. The molecule has 0 spiro atoms. The summed E-state index contributed by atoms with van der Waals surface area (Å²) in [5.41, 5.74) is 12.8. The van der Waals surface area contributed by atoms with Crippen molar-refractivity contribution in [2.24, 2.45) is 11.5 Å². The lowest BCUT2D eigenvalue weighted by atomic mass is 10.00. The van der Waals surface area contributed by atoms with Gasteiger partial charge in [-0.05, 0) is 61.6 Å². The van der Waals surface area contributed by atoms with E-state index in [0.717, 1.165) is 18.1 Å². The lowest BCUT2D eigenvalue weighted by molar-refractivity contribution is -0.143. The summed E-state index contributed by atoms with van der Waals surface area (Å²) in [6.07, 6.45) is -2.96. The highest BCUT2D eigenvalue weighted by Crippen LogP contribution is 2.37. The zero-order valence-corrected chi connectivity index (χ0v) is 21.3. The van der Waals surface area contributed by atoms with Crippen LogP contribution in [-0.2, 0) is 35.1 Å². The SMILES string of the molecule is CCOC(=O)CC(NC(=O)c1ccc(-n2nc(CN)c3c2CCC3)c(C(F)(F)F)c1)c1cccc(C(=N)N)c1. The molecule has 1 aliphatic rings. The Balaban J connectivity index is 1.70. The van der Waals surface area contributed by atoms with Gasteiger partial charge in [0.1, 0.15) is 5.84 Å². The second kappa shape index (κ2) is 11.3. The van der Waals surface area contributed by atoms with Crippen LogP contribution in [-0.4, -0.2) is 34.1 Å². The molecule has 1 heterocycles. The van der Waals surface area contributed by atoms with E-state index in [-0.39, 0.29) is 36.7 Å². The number of amidine groups is 1. The fraction of sp³-hybridized carbons (Fsp3) is 0.333. The zero-order valence-electron chi connectivity index (χ0n) is 21.3. The van der Waals surface area contributed by atoms with Crippen LogP contribution >= 0.6 is 0 Å². The second-order valence-electron chi connectivity index (χ2n) is 9.15. The number of fused-ring (bicyclic) bond motifs is 1. The van der Waals surface area contributed by atoms with Gasteiger partial charge in [-0.15, -0.1) is 0 Å². The topological polar surface area (TPSA) is 149 Å². The van der Waals surface area contributed by atoms with Crippen LogP contribution in [0.4, 0.5) is 13.2 Å². The molecular formula is C27H29F3N6O3. The Kier molecular flexibility index (Phi) is 8.05. The predicted octanol–water partition coefficient (Wildman–Crippen LogP) is 3.55. The largest absolute Gasteiger partial charge is 0.466 e. The molecule has 1 unspecified atom stereocenters. The summed E-state index contributed by atoms with van der Waals surface area (Å²) in [6, 6.07) is 8.70. The van der Waals surface area contributed by atoms with Crippen molar-refractivity contribution >= 4 is 17.7 Å². The number of alkyl halides is 3. The van der Waals surface area contributed by atoms with Crippen LogP contribution in [0.2, 0.25) is 0 Å². The number of nitrogens with one attached hydrogen (secondary N) is 2. The van der Waals surface area contributed by atoms with Crippen molar-refractivity contribution in [1.29, 1.82) is 5.41 Å². The van der Waals surface area contributed by atoms with Gasteiger partial charge in [0.15, 0.2) is 0 Å². The molecule has 4 rings (SSSR count). The Labute approximate surface area is 222 Å². The summed E-state index contributed by atoms with van der Waals surface area (Å²) in [5, 5.41) is 14.7. The quantitative estimate of drug-likeness (QED) is 0.185. The smallest absolute Gasteiger partial charge is 0.418 e. The molecule has 12 heteroatoms. The number of nitrogen functional groups attached to an aromatic ring is 1. The molecular weight excluding hydrogens is 513 g/mol. The van der Waals surface area contributed by atoms with Gasteiger partial charge in [0.2, 0.25) is 0 Å². The third-order valence-corrected chi connectivity index (χ3v) is 6.58. The molecule has 1 atom stereocenters. The summed E-state index contributed by atoms with van der Waals surface area (Å²) in [6.45, 7) is 1.86. The van der Waals surface area contributed by atoms with Gasteiger partial charge in [0.25, 0.3) is 5.91 Å². The standard InChI is InChI=1S/C27H29F3N6O3/c1-2-39-24(37)13-20(15-5-3-6-16(11-15)25(32)33)34-26(38)17-9-10-23(19(12-17)27(28,29)30)36-22-8-4-7-18(22)21(14-31)35-36/h3,5-6,9-12,20H,2,4,7-8,13-14,31H2,1H3,(H3,32,33)(H,34,38). The number of nitrogens with two attached hydrogens (primary N) is 2. The fourth-order valence-corrected chi connectivity index (χ4v) is 4.77. The summed E-state index contributed by atoms with van der Waals surface area (Å²) in [5.74, 6) is -1.64. The van der Waals surface area contributed by atoms with Gasteiger partial charge in [0, 0.05) is 23.4 Å². The van der Waals surface area contributed by atoms with Gasteiger partial charge in [-0.3, -0.25) is 15.0 Å². The van der Waals surface area contributed by atoms with Crippen molar-refractivity contribution < 1.29 is 27.5 Å². The minimum absolute atomic E-state index is 0.115. The average Bonchev–Trinajstić information content (AvgIpc) is 3.50. The molecule has 0 fully saturated rings. The zero-order chi connectivity index (χ0) is 28.3. The van der Waals surface area contributed by atoms with Crippen molar-refractivity contribution in [2.75, 3.05) is 6.61 Å². The van der Waals surface area contributed by atoms with E-state index < -0.39 is 29.7 Å². The van der Waals surface area contributed by atoms with Crippen LogP contribution in [0, 0.1) is 5.41 Å². The van der Waals surface area contributed by atoms with Crippen molar-refractivity contribution in [3.05, 3.63) is 81.7 Å². The van der Waals surface area contributed by atoms with Gasteiger partial charge in [0.05, 0.1) is 36.0 Å². The number of hydrogen-bond donors (Lipinski definition) is 4. The first-order chi connectivity index (χ1) is 18.5. The summed E-state index contributed by atoms with van der Waals surface area (Å²) >= 11 is 0. The van der Waals surface area contributed by atoms with Crippen LogP contribution < -0.4 is 16.8 Å². The Morgan fingerprint density at radius 3 is 2.62 bits per heavy atom. The first-order valence-electron chi connectivity index (χ1n) is 12.5. The summed E-state index contributed by atoms with van der Waals surface area (Å²) in [7, 11) is 0. The first-order valence-corrected chi connectivity index (χ1v) is 12.5. The summed E-state index contributed by atoms with van der Waals surface area (Å²) in [4.78, 5) is 25.5. The van der Waals surface area contributed by atoms with Crippen LogP contribution in [0.15, 0.2) is 42.5 Å². The molecule has 6 N–H and O–H groups in total. The number of esters is 1. The van der Waals surface area contributed by atoms with E-state index in [4.69, 9.17) is 21.6 Å². The molecule has 9 nitrogen and oxygen atoms in total. The van der Waals surface area contributed by atoms with Crippen LogP contribution in [0.1, 0.15) is 69.8 Å². The number of carbonyl (C=O) groups is 2. The molecule has 1 aromatic heterocycles. The lowest BCUT2D eigenvalue weighted by Crippen LogP contribution is -2.31. The molecule has 1 aliphatic carbocycles. The van der Waals surface area contributed by atoms with Crippen molar-refractivity contribution in [3.63, 3.8) is 0 Å². The van der Waals surface area contributed by atoms with E-state index in [9.17, 15) is 22.8 Å². The average molecular weight is 543 g/mol. The molecule has 0 radical (unpaired) electrons. The third kappa shape index (κ3) is 5.95. The van der Waals surface area contributed by atoms with Gasteiger partial charge >= 0.3 is 12.1 Å². The molecule has 0 saturated carbocycles. The lowest BCUT2D eigenvalue weighted by Gasteiger charge is -2.20.